The summed E-state index contributed by atoms with van der Waals surface area (Å²) in [5.74, 6) is -0.529. The summed E-state index contributed by atoms with van der Waals surface area (Å²) < 4.78 is 0. The number of hydrazone groups is 1. The molecule has 0 radical (unpaired) electrons. The average Bonchev–Trinajstić information content (AvgIpc) is 2.69. The summed E-state index contributed by atoms with van der Waals surface area (Å²) in [7, 11) is 0. The van der Waals surface area contributed by atoms with E-state index in [9.17, 15) is 9.59 Å². The molecule has 0 aliphatic carbocycles. The molecule has 1 heterocycles. The summed E-state index contributed by atoms with van der Waals surface area (Å²) in [5, 5.41) is 6.73. The second-order valence-corrected chi connectivity index (χ2v) is 5.83. The van der Waals surface area contributed by atoms with Gasteiger partial charge in [0.25, 0.3) is 11.8 Å². The van der Waals surface area contributed by atoms with Gasteiger partial charge in [0.05, 0.1) is 6.21 Å². The second kappa shape index (κ2) is 8.53. The Kier molecular flexibility index (Phi) is 5.69. The van der Waals surface area contributed by atoms with E-state index in [1.165, 1.54) is 6.21 Å². The third kappa shape index (κ3) is 4.85. The zero-order chi connectivity index (χ0) is 19.1. The number of aryl methyl sites for hydroxylation is 1. The number of pyridine rings is 1. The summed E-state index contributed by atoms with van der Waals surface area (Å²) in [5.41, 5.74) is 5.80. The van der Waals surface area contributed by atoms with Crippen LogP contribution in [0.2, 0.25) is 0 Å². The summed E-state index contributed by atoms with van der Waals surface area (Å²) in [4.78, 5) is 28.4. The Morgan fingerprint density at radius 3 is 2.44 bits per heavy atom. The Balaban J connectivity index is 1.59. The van der Waals surface area contributed by atoms with Crippen LogP contribution in [0.1, 0.15) is 31.8 Å². The molecule has 27 heavy (non-hydrogen) atoms. The van der Waals surface area contributed by atoms with E-state index in [0.29, 0.717) is 16.8 Å². The number of rotatable bonds is 5. The fourth-order valence-electron chi connectivity index (χ4n) is 2.41. The van der Waals surface area contributed by atoms with Gasteiger partial charge < -0.3 is 5.32 Å². The number of anilines is 1. The number of carbonyl (C=O) groups excluding carboxylic acids is 2. The first-order valence-corrected chi connectivity index (χ1v) is 8.34. The first kappa shape index (κ1) is 18.0. The van der Waals surface area contributed by atoms with E-state index >= 15 is 0 Å². The fourth-order valence-corrected chi connectivity index (χ4v) is 2.41. The lowest BCUT2D eigenvalue weighted by Crippen LogP contribution is -2.18. The van der Waals surface area contributed by atoms with Crippen LogP contribution in [0.15, 0.2) is 78.2 Å². The van der Waals surface area contributed by atoms with Crippen molar-refractivity contribution >= 4 is 23.7 Å². The highest BCUT2D eigenvalue weighted by Gasteiger charge is 2.09. The number of nitrogens with one attached hydrogen (secondary N) is 2. The van der Waals surface area contributed by atoms with Gasteiger partial charge in [0.2, 0.25) is 0 Å². The zero-order valence-corrected chi connectivity index (χ0v) is 14.7. The molecule has 2 N–H and O–H groups in total. The average molecular weight is 358 g/mol. The monoisotopic (exact) mass is 358 g/mol. The van der Waals surface area contributed by atoms with Crippen molar-refractivity contribution in [1.29, 1.82) is 0 Å². The third-order valence-electron chi connectivity index (χ3n) is 3.86. The topological polar surface area (TPSA) is 83.5 Å². The van der Waals surface area contributed by atoms with Crippen molar-refractivity contribution in [3.05, 3.63) is 95.3 Å². The first-order valence-electron chi connectivity index (χ1n) is 8.34. The molecule has 0 bridgehead atoms. The Labute approximate surface area is 157 Å². The lowest BCUT2D eigenvalue weighted by atomic mass is 10.1. The van der Waals surface area contributed by atoms with Gasteiger partial charge in [0.1, 0.15) is 0 Å². The van der Waals surface area contributed by atoms with Crippen molar-refractivity contribution in [1.82, 2.24) is 10.4 Å². The molecule has 134 valence electrons. The van der Waals surface area contributed by atoms with Gasteiger partial charge in [-0.3, -0.25) is 14.6 Å². The summed E-state index contributed by atoms with van der Waals surface area (Å²) in [6.45, 7) is 1.88. The number of nitrogens with zero attached hydrogens (tertiary/aromatic N) is 2. The van der Waals surface area contributed by atoms with Crippen LogP contribution >= 0.6 is 0 Å². The largest absolute Gasteiger partial charge is 0.322 e. The van der Waals surface area contributed by atoms with E-state index in [-0.39, 0.29) is 11.8 Å². The standard InChI is InChI=1S/C21H18N4O2/c1-15-5-2-3-7-19(15)21(27)24-18-10-8-17(9-11-18)20(26)25-23-14-16-6-4-12-22-13-16/h2-14H,1H3,(H,24,27)(H,25,26). The van der Waals surface area contributed by atoms with Crippen molar-refractivity contribution < 1.29 is 9.59 Å². The van der Waals surface area contributed by atoms with E-state index in [4.69, 9.17) is 0 Å². The van der Waals surface area contributed by atoms with Gasteiger partial charge >= 0.3 is 0 Å². The molecule has 6 heteroatoms. The number of carbonyl (C=O) groups is 2. The van der Waals surface area contributed by atoms with Gasteiger partial charge in [-0.1, -0.05) is 24.3 Å². The predicted molar refractivity (Wildman–Crippen MR) is 105 cm³/mol. The molecule has 0 fully saturated rings. The van der Waals surface area contributed by atoms with Crippen molar-refractivity contribution in [3.8, 4) is 0 Å². The Hall–Kier alpha value is -3.80. The molecule has 0 aliphatic heterocycles. The minimum atomic E-state index is -0.341. The molecule has 0 spiro atoms. The van der Waals surface area contributed by atoms with E-state index in [1.54, 1.807) is 48.8 Å². The number of aromatic nitrogens is 1. The fraction of sp³-hybridized carbons (Fsp3) is 0.0476. The van der Waals surface area contributed by atoms with Crippen LogP contribution in [0.5, 0.6) is 0 Å². The maximum absolute atomic E-state index is 12.3. The van der Waals surface area contributed by atoms with Gasteiger partial charge in [-0.05, 0) is 48.9 Å². The lowest BCUT2D eigenvalue weighted by Gasteiger charge is -2.08. The van der Waals surface area contributed by atoms with E-state index in [1.807, 2.05) is 31.2 Å². The highest BCUT2D eigenvalue weighted by atomic mass is 16.2. The molecule has 3 rings (SSSR count). The van der Waals surface area contributed by atoms with Gasteiger partial charge in [-0.2, -0.15) is 5.10 Å². The predicted octanol–water partition coefficient (Wildman–Crippen LogP) is 3.41. The normalized spacial score (nSPS) is 10.6. The number of hydrogen-bond acceptors (Lipinski definition) is 4. The minimum Gasteiger partial charge on any atom is -0.322 e. The Morgan fingerprint density at radius 1 is 0.963 bits per heavy atom. The van der Waals surface area contributed by atoms with Gasteiger partial charge in [0, 0.05) is 34.8 Å². The van der Waals surface area contributed by atoms with Crippen LogP contribution in [0.4, 0.5) is 5.69 Å². The number of amides is 2. The molecule has 0 saturated heterocycles. The van der Waals surface area contributed by atoms with Crippen LogP contribution in [0.25, 0.3) is 0 Å². The lowest BCUT2D eigenvalue weighted by molar-refractivity contribution is 0.0954. The van der Waals surface area contributed by atoms with Crippen LogP contribution in [-0.2, 0) is 0 Å². The third-order valence-corrected chi connectivity index (χ3v) is 3.86. The van der Waals surface area contributed by atoms with Gasteiger partial charge in [-0.15, -0.1) is 0 Å². The molecule has 0 aliphatic rings. The second-order valence-electron chi connectivity index (χ2n) is 5.83. The van der Waals surface area contributed by atoms with Gasteiger partial charge in [0.15, 0.2) is 0 Å². The molecule has 0 atom stereocenters. The minimum absolute atomic E-state index is 0.189. The van der Waals surface area contributed by atoms with E-state index in [2.05, 4.69) is 20.8 Å². The van der Waals surface area contributed by atoms with E-state index < -0.39 is 0 Å². The van der Waals surface area contributed by atoms with Crippen molar-refractivity contribution in [3.63, 3.8) is 0 Å². The summed E-state index contributed by atoms with van der Waals surface area (Å²) in [6.07, 6.45) is 4.82. The van der Waals surface area contributed by atoms with Crippen molar-refractivity contribution in [2.45, 2.75) is 6.92 Å². The summed E-state index contributed by atoms with van der Waals surface area (Å²) >= 11 is 0. The molecule has 0 unspecified atom stereocenters. The van der Waals surface area contributed by atoms with Crippen LogP contribution in [-0.4, -0.2) is 23.0 Å². The zero-order valence-electron chi connectivity index (χ0n) is 14.7. The van der Waals surface area contributed by atoms with Gasteiger partial charge in [-0.25, -0.2) is 5.43 Å². The molecule has 6 nitrogen and oxygen atoms in total. The molecule has 1 aromatic heterocycles. The quantitative estimate of drug-likeness (QED) is 0.541. The van der Waals surface area contributed by atoms with E-state index in [0.717, 1.165) is 11.1 Å². The van der Waals surface area contributed by atoms with Crippen LogP contribution < -0.4 is 10.7 Å². The highest BCUT2D eigenvalue weighted by molar-refractivity contribution is 6.05. The van der Waals surface area contributed by atoms with Crippen LogP contribution in [0.3, 0.4) is 0 Å². The molecule has 3 aromatic rings. The van der Waals surface area contributed by atoms with Crippen LogP contribution in [0, 0.1) is 6.92 Å². The molecule has 2 amide bonds. The highest BCUT2D eigenvalue weighted by Crippen LogP contribution is 2.13. The number of benzene rings is 2. The maximum Gasteiger partial charge on any atom is 0.271 e. The Morgan fingerprint density at radius 2 is 1.74 bits per heavy atom. The molecule has 0 saturated carbocycles. The molecular formula is C21H18N4O2. The Bertz CT molecular complexity index is 967. The molecule has 2 aromatic carbocycles. The molecular weight excluding hydrogens is 340 g/mol. The number of hydrogen-bond donors (Lipinski definition) is 2. The summed E-state index contributed by atoms with van der Waals surface area (Å²) in [6, 6.07) is 17.6. The van der Waals surface area contributed by atoms with Crippen molar-refractivity contribution in [2.75, 3.05) is 5.32 Å². The SMILES string of the molecule is Cc1ccccc1C(=O)Nc1ccc(C(=O)NN=Cc2cccnc2)cc1. The first-order chi connectivity index (χ1) is 13.1. The maximum atomic E-state index is 12.3. The smallest absolute Gasteiger partial charge is 0.271 e. The van der Waals surface area contributed by atoms with Crippen molar-refractivity contribution in [2.24, 2.45) is 5.10 Å².